The van der Waals surface area contributed by atoms with Gasteiger partial charge in [-0.25, -0.2) is 9.55 Å². The van der Waals surface area contributed by atoms with Crippen LogP contribution in [0.5, 0.6) is 0 Å². The maximum Gasteiger partial charge on any atom is 0.296 e. The van der Waals surface area contributed by atoms with Gasteiger partial charge >= 0.3 is 0 Å². The second kappa shape index (κ2) is 8.30. The van der Waals surface area contributed by atoms with E-state index in [2.05, 4.69) is 105 Å². The number of benzene rings is 3. The second-order valence-corrected chi connectivity index (χ2v) is 12.2. The van der Waals surface area contributed by atoms with E-state index in [1.165, 1.54) is 74.6 Å². The van der Waals surface area contributed by atoms with Gasteiger partial charge < -0.3 is 0 Å². The maximum absolute atomic E-state index is 5.15. The highest BCUT2D eigenvalue weighted by molar-refractivity contribution is 7.19. The molecule has 0 spiro atoms. The zero-order valence-electron chi connectivity index (χ0n) is 21.4. The van der Waals surface area contributed by atoms with Crippen molar-refractivity contribution in [3.05, 3.63) is 76.8 Å². The van der Waals surface area contributed by atoms with Crippen molar-refractivity contribution >= 4 is 32.6 Å². The quantitative estimate of drug-likeness (QED) is 0.240. The van der Waals surface area contributed by atoms with E-state index in [-0.39, 0.29) is 5.41 Å². The highest BCUT2D eigenvalue weighted by atomic mass is 32.1. The first-order valence-corrected chi connectivity index (χ1v) is 13.7. The lowest BCUT2D eigenvalue weighted by Crippen LogP contribution is -2.30. The molecule has 0 atom stereocenters. The zero-order valence-corrected chi connectivity index (χ0v) is 22.2. The summed E-state index contributed by atoms with van der Waals surface area (Å²) in [7, 11) is 2.20. The summed E-state index contributed by atoms with van der Waals surface area (Å²) >= 11 is 1.92. The molecule has 3 nitrogen and oxygen atoms in total. The van der Waals surface area contributed by atoms with Crippen molar-refractivity contribution in [3.63, 3.8) is 0 Å². The van der Waals surface area contributed by atoms with E-state index in [4.69, 9.17) is 4.98 Å². The Morgan fingerprint density at radius 1 is 0.943 bits per heavy atom. The van der Waals surface area contributed by atoms with Crippen molar-refractivity contribution in [3.8, 4) is 17.1 Å². The van der Waals surface area contributed by atoms with Gasteiger partial charge in [-0.05, 0) is 66.6 Å². The molecule has 1 saturated carbocycles. The van der Waals surface area contributed by atoms with Crippen molar-refractivity contribution in [2.45, 2.75) is 64.7 Å². The van der Waals surface area contributed by atoms with Gasteiger partial charge in [-0.1, -0.05) is 63.9 Å². The molecule has 0 bridgehead atoms. The van der Waals surface area contributed by atoms with Crippen LogP contribution in [0.25, 0.3) is 38.3 Å². The molecule has 4 heteroatoms. The van der Waals surface area contributed by atoms with Crippen molar-refractivity contribution < 1.29 is 4.57 Å². The van der Waals surface area contributed by atoms with Gasteiger partial charge in [0, 0.05) is 5.92 Å². The fraction of sp³-hybridized carbons (Fsp3) is 0.355. The van der Waals surface area contributed by atoms with Gasteiger partial charge in [0.25, 0.3) is 5.82 Å². The highest BCUT2D eigenvalue weighted by Gasteiger charge is 2.30. The second-order valence-electron chi connectivity index (χ2n) is 11.1. The number of rotatable bonds is 3. The summed E-state index contributed by atoms with van der Waals surface area (Å²) in [5, 5.41) is 1.32. The third-order valence-corrected chi connectivity index (χ3v) is 8.97. The van der Waals surface area contributed by atoms with Crippen LogP contribution < -0.4 is 4.57 Å². The Hall–Kier alpha value is -2.98. The molecule has 0 aliphatic heterocycles. The molecule has 2 aromatic heterocycles. The summed E-state index contributed by atoms with van der Waals surface area (Å²) in [5.74, 6) is 1.85. The molecule has 1 aliphatic carbocycles. The highest BCUT2D eigenvalue weighted by Crippen LogP contribution is 2.42. The van der Waals surface area contributed by atoms with Gasteiger partial charge in [0.15, 0.2) is 11.0 Å². The van der Waals surface area contributed by atoms with E-state index in [1.807, 2.05) is 11.3 Å². The van der Waals surface area contributed by atoms with Crippen molar-refractivity contribution in [2.75, 3.05) is 0 Å². The molecule has 1 fully saturated rings. The third kappa shape index (κ3) is 3.70. The first kappa shape index (κ1) is 22.5. The molecule has 0 radical (unpaired) electrons. The molecule has 0 saturated heterocycles. The van der Waals surface area contributed by atoms with E-state index in [9.17, 15) is 0 Å². The Morgan fingerprint density at radius 3 is 2.37 bits per heavy atom. The number of para-hydroxylation sites is 2. The molecular weight excluding hydrogens is 446 g/mol. The van der Waals surface area contributed by atoms with Crippen LogP contribution in [-0.2, 0) is 12.5 Å². The number of thiazole rings is 1. The Balaban J connectivity index is 1.63. The summed E-state index contributed by atoms with van der Waals surface area (Å²) < 4.78 is 6.13. The predicted octanol–water partition coefficient (Wildman–Crippen LogP) is 8.00. The van der Waals surface area contributed by atoms with Crippen LogP contribution in [-0.4, -0.2) is 9.55 Å². The molecule has 0 N–H and O–H groups in total. The van der Waals surface area contributed by atoms with E-state index < -0.39 is 0 Å². The van der Waals surface area contributed by atoms with Crippen molar-refractivity contribution in [2.24, 2.45) is 7.05 Å². The smallest absolute Gasteiger partial charge is 0.241 e. The molecule has 1 aliphatic rings. The summed E-state index contributed by atoms with van der Waals surface area (Å²) in [5.41, 5.74) is 8.88. The number of hydrogen-bond acceptors (Lipinski definition) is 2. The van der Waals surface area contributed by atoms with E-state index in [1.54, 1.807) is 0 Å². The van der Waals surface area contributed by atoms with Gasteiger partial charge in [-0.15, -0.1) is 11.3 Å². The number of aryl methyl sites for hydroxylation is 2. The van der Waals surface area contributed by atoms with Crippen LogP contribution in [0, 0.1) is 6.92 Å². The first-order valence-electron chi connectivity index (χ1n) is 12.8. The van der Waals surface area contributed by atoms with Crippen LogP contribution in [0.1, 0.15) is 68.5 Å². The standard InChI is InChI=1S/C31H34N3S/c1-20-14-19-24-28(35-29(32-24)21-10-6-7-11-21)27(20)30-33(5)25-12-8-9-13-26(25)34(30)23-17-15-22(16-18-23)31(2,3)4/h8-9,12-19,21H,6-7,10-11H2,1-5H3/q+1. The fourth-order valence-electron chi connectivity index (χ4n) is 5.70. The molecule has 2 heterocycles. The first-order chi connectivity index (χ1) is 16.8. The van der Waals surface area contributed by atoms with Gasteiger partial charge in [0.2, 0.25) is 0 Å². The number of fused-ring (bicyclic) bond motifs is 2. The summed E-state index contributed by atoms with van der Waals surface area (Å²) in [6.07, 6.45) is 5.23. The number of aromatic nitrogens is 3. The topological polar surface area (TPSA) is 21.7 Å². The van der Waals surface area contributed by atoms with E-state index in [0.29, 0.717) is 5.92 Å². The van der Waals surface area contributed by atoms with E-state index in [0.717, 1.165) is 5.52 Å². The average molecular weight is 481 g/mol. The minimum Gasteiger partial charge on any atom is -0.241 e. The summed E-state index contributed by atoms with van der Waals surface area (Å²) in [4.78, 5) is 5.15. The largest absolute Gasteiger partial charge is 0.296 e. The Morgan fingerprint density at radius 2 is 1.66 bits per heavy atom. The molecule has 6 rings (SSSR count). The van der Waals surface area contributed by atoms with Gasteiger partial charge in [0.1, 0.15) is 5.69 Å². The van der Waals surface area contributed by atoms with Gasteiger partial charge in [0.05, 0.1) is 27.8 Å². The fourth-order valence-corrected chi connectivity index (χ4v) is 7.03. The normalized spacial score (nSPS) is 15.0. The zero-order chi connectivity index (χ0) is 24.3. The SMILES string of the molecule is Cc1ccc2nc(C3CCCC3)sc2c1-c1n(-c2ccc(C(C)(C)C)cc2)c2ccccc2[n+]1C. The molecule has 178 valence electrons. The number of imidazole rings is 1. The Kier molecular flexibility index (Phi) is 5.33. The lowest BCUT2D eigenvalue weighted by molar-refractivity contribution is -0.633. The Bertz CT molecular complexity index is 1540. The molecule has 3 aromatic carbocycles. The van der Waals surface area contributed by atoms with Crippen LogP contribution in [0.2, 0.25) is 0 Å². The predicted molar refractivity (Wildman–Crippen MR) is 148 cm³/mol. The van der Waals surface area contributed by atoms with Crippen LogP contribution in [0.4, 0.5) is 0 Å². The molecule has 5 aromatic rings. The molecule has 35 heavy (non-hydrogen) atoms. The average Bonchev–Trinajstić information content (AvgIpc) is 3.57. The molecule has 0 unspecified atom stereocenters. The minimum atomic E-state index is 0.131. The summed E-state index contributed by atoms with van der Waals surface area (Å²) in [6, 6.07) is 22.3. The minimum absolute atomic E-state index is 0.131. The lowest BCUT2D eigenvalue weighted by Gasteiger charge is -2.18. The van der Waals surface area contributed by atoms with Crippen LogP contribution >= 0.6 is 11.3 Å². The Labute approximate surface area is 212 Å². The molecule has 0 amide bonds. The lowest BCUT2D eigenvalue weighted by atomic mass is 9.87. The monoisotopic (exact) mass is 480 g/mol. The van der Waals surface area contributed by atoms with Gasteiger partial charge in [-0.2, -0.15) is 4.57 Å². The number of nitrogens with zero attached hydrogens (tertiary/aromatic N) is 3. The number of hydrogen-bond donors (Lipinski definition) is 0. The van der Waals surface area contributed by atoms with Crippen molar-refractivity contribution in [1.29, 1.82) is 0 Å². The summed E-state index contributed by atoms with van der Waals surface area (Å²) in [6.45, 7) is 9.06. The van der Waals surface area contributed by atoms with Gasteiger partial charge in [-0.3, -0.25) is 0 Å². The van der Waals surface area contributed by atoms with Crippen LogP contribution in [0.3, 0.4) is 0 Å². The maximum atomic E-state index is 5.15. The molecular formula is C31H34N3S+. The van der Waals surface area contributed by atoms with Crippen molar-refractivity contribution in [1.82, 2.24) is 9.55 Å². The third-order valence-electron chi connectivity index (χ3n) is 7.72. The van der Waals surface area contributed by atoms with E-state index >= 15 is 0 Å². The van der Waals surface area contributed by atoms with Crippen LogP contribution in [0.15, 0.2) is 60.7 Å².